The van der Waals surface area contributed by atoms with Gasteiger partial charge in [0.25, 0.3) is 0 Å². The largest absolute Gasteiger partial charge is 0.480 e. The highest BCUT2D eigenvalue weighted by Gasteiger charge is 2.19. The van der Waals surface area contributed by atoms with Crippen LogP contribution in [0.1, 0.15) is 0 Å². The van der Waals surface area contributed by atoms with Crippen LogP contribution in [0.2, 0.25) is 0 Å². The highest BCUT2D eigenvalue weighted by Crippen LogP contribution is 2.00. The van der Waals surface area contributed by atoms with Crippen molar-refractivity contribution in [1.29, 1.82) is 0 Å². The molecule has 0 saturated carbocycles. The fourth-order valence-corrected chi connectivity index (χ4v) is 0.573. The molecule has 0 spiro atoms. The molecule has 1 aliphatic rings. The lowest BCUT2D eigenvalue weighted by molar-refractivity contribution is -0.133. The van der Waals surface area contributed by atoms with Crippen LogP contribution in [-0.4, -0.2) is 18.2 Å². The Morgan fingerprint density at radius 1 is 1.60 bits per heavy atom. The fraction of sp³-hybridized carbons (Fsp3) is 0.250. The topological polar surface area (TPSA) is 82.6 Å². The average Bonchev–Trinajstić information content (AvgIpc) is 2.33. The van der Waals surface area contributed by atoms with Gasteiger partial charge in [-0.1, -0.05) is 0 Å². The van der Waals surface area contributed by atoms with E-state index in [0.29, 0.717) is 0 Å². The minimum Gasteiger partial charge on any atom is -0.480 e. The highest BCUT2D eigenvalue weighted by atomic mass is 16.5. The van der Waals surface area contributed by atoms with Gasteiger partial charge in [-0.15, -0.1) is 5.53 Å². The zero-order valence-corrected chi connectivity index (χ0v) is 5.26. The van der Waals surface area contributed by atoms with Crippen LogP contribution < -0.4 is 16.4 Å². The summed E-state index contributed by atoms with van der Waals surface area (Å²) in [6.07, 6.45) is 0. The Kier molecular flexibility index (Phi) is 1.63. The first-order valence-corrected chi connectivity index (χ1v) is 2.54. The quantitative estimate of drug-likeness (QED) is 0.378. The normalized spacial score (nSPS) is 16.1. The number of methoxy groups -OCH3 is 1. The van der Waals surface area contributed by atoms with E-state index in [1.807, 2.05) is 0 Å². The molecule has 0 fully saturated rings. The number of carboxylic acid groups (broad SMARTS) is 1. The number of carbonyl (C=O) groups is 1. The van der Waals surface area contributed by atoms with Gasteiger partial charge in [0.1, 0.15) is 0 Å². The van der Waals surface area contributed by atoms with E-state index in [0.717, 1.165) is 0 Å². The van der Waals surface area contributed by atoms with Gasteiger partial charge < -0.3 is 9.84 Å². The Hall–Kier alpha value is -1.43. The Balaban J connectivity index is 2.78. The molecule has 6 nitrogen and oxygen atoms in total. The van der Waals surface area contributed by atoms with Crippen LogP contribution in [0.25, 0.3) is 0 Å². The minimum atomic E-state index is -1.07. The molecule has 0 saturated heterocycles. The molecule has 4 N–H and O–H groups in total. The first-order chi connectivity index (χ1) is 4.75. The molecule has 0 bridgehead atoms. The molecule has 0 amide bonds. The lowest BCUT2D eigenvalue weighted by Crippen LogP contribution is -2.33. The van der Waals surface area contributed by atoms with Crippen molar-refractivity contribution in [2.75, 3.05) is 7.11 Å². The summed E-state index contributed by atoms with van der Waals surface area (Å²) in [5.41, 5.74) is 7.15. The predicted molar refractivity (Wildman–Crippen MR) is 31.1 cm³/mol. The maximum atomic E-state index is 10.3. The van der Waals surface area contributed by atoms with Gasteiger partial charge in [-0.05, 0) is 0 Å². The third kappa shape index (κ3) is 0.960. The van der Waals surface area contributed by atoms with Gasteiger partial charge in [0.2, 0.25) is 5.88 Å². The lowest BCUT2D eigenvalue weighted by atomic mass is 10.5. The first kappa shape index (κ1) is 6.69. The van der Waals surface area contributed by atoms with Crippen LogP contribution in [0.3, 0.4) is 0 Å². The zero-order valence-electron chi connectivity index (χ0n) is 5.26. The molecular weight excluding hydrogens is 138 g/mol. The number of carboxylic acids is 1. The first-order valence-electron chi connectivity index (χ1n) is 2.54. The third-order valence-electron chi connectivity index (χ3n) is 1.01. The zero-order chi connectivity index (χ0) is 7.56. The van der Waals surface area contributed by atoms with Crippen molar-refractivity contribution < 1.29 is 14.6 Å². The van der Waals surface area contributed by atoms with E-state index in [9.17, 15) is 4.79 Å². The van der Waals surface area contributed by atoms with Gasteiger partial charge in [-0.25, -0.2) is 4.79 Å². The number of aliphatic carboxylic acids is 1. The summed E-state index contributed by atoms with van der Waals surface area (Å²) in [7, 11) is 1.37. The van der Waals surface area contributed by atoms with Crippen molar-refractivity contribution >= 4 is 5.97 Å². The summed E-state index contributed by atoms with van der Waals surface area (Å²) in [6, 6.07) is 0. The number of rotatable bonds is 2. The average molecular weight is 145 g/mol. The molecule has 0 aromatic rings. The van der Waals surface area contributed by atoms with E-state index in [1.165, 1.54) is 7.11 Å². The molecule has 10 heavy (non-hydrogen) atoms. The summed E-state index contributed by atoms with van der Waals surface area (Å²) in [4.78, 5) is 10.3. The molecule has 0 aromatic heterocycles. The van der Waals surface area contributed by atoms with Crippen LogP contribution in [0.4, 0.5) is 0 Å². The minimum absolute atomic E-state index is 0.0255. The third-order valence-corrected chi connectivity index (χ3v) is 1.01. The molecule has 1 rings (SSSR count). The van der Waals surface area contributed by atoms with Gasteiger partial charge >= 0.3 is 5.97 Å². The maximum Gasteiger partial charge on any atom is 0.359 e. The van der Waals surface area contributed by atoms with E-state index in [-0.39, 0.29) is 11.6 Å². The predicted octanol–water partition coefficient (Wildman–Crippen LogP) is -1.50. The van der Waals surface area contributed by atoms with Gasteiger partial charge in [0, 0.05) is 0 Å². The van der Waals surface area contributed by atoms with Crippen LogP contribution in [0, 0.1) is 0 Å². The Bertz CT molecular complexity index is 188. The standard InChI is InChI=1S/C4H7N3O3/c1-10-3-2(4(8)9)5-7-6-3/h5-7H,1H3,(H,8,9). The molecule has 0 aromatic carbocycles. The summed E-state index contributed by atoms with van der Waals surface area (Å²) in [5, 5.41) is 8.43. The van der Waals surface area contributed by atoms with Crippen LogP contribution in [-0.2, 0) is 9.53 Å². The Morgan fingerprint density at radius 2 is 2.30 bits per heavy atom. The second-order valence-electron chi connectivity index (χ2n) is 1.59. The second kappa shape index (κ2) is 2.44. The lowest BCUT2D eigenvalue weighted by Gasteiger charge is -1.97. The maximum absolute atomic E-state index is 10.3. The molecule has 1 aliphatic heterocycles. The van der Waals surface area contributed by atoms with Crippen molar-refractivity contribution in [2.45, 2.75) is 0 Å². The van der Waals surface area contributed by atoms with E-state index < -0.39 is 5.97 Å². The summed E-state index contributed by atoms with van der Waals surface area (Å²) in [6.45, 7) is 0. The molecule has 1 heterocycles. The monoisotopic (exact) mass is 145 g/mol. The van der Waals surface area contributed by atoms with Crippen molar-refractivity contribution in [1.82, 2.24) is 16.4 Å². The Morgan fingerprint density at radius 3 is 2.70 bits per heavy atom. The SMILES string of the molecule is COC1=C(C(=O)O)NNN1. The van der Waals surface area contributed by atoms with Crippen molar-refractivity contribution in [3.63, 3.8) is 0 Å². The van der Waals surface area contributed by atoms with Crippen molar-refractivity contribution in [2.24, 2.45) is 0 Å². The number of hydrogen-bond acceptors (Lipinski definition) is 5. The van der Waals surface area contributed by atoms with Gasteiger partial charge in [0.05, 0.1) is 7.11 Å². The molecular formula is C4H7N3O3. The van der Waals surface area contributed by atoms with Gasteiger partial charge in [0.15, 0.2) is 5.70 Å². The summed E-state index contributed by atoms with van der Waals surface area (Å²) in [5.74, 6) is -0.901. The fourth-order valence-electron chi connectivity index (χ4n) is 0.573. The second-order valence-corrected chi connectivity index (χ2v) is 1.59. The molecule has 0 radical (unpaired) electrons. The molecule has 6 heteroatoms. The van der Waals surface area contributed by atoms with E-state index in [1.54, 1.807) is 0 Å². The van der Waals surface area contributed by atoms with Crippen LogP contribution in [0.5, 0.6) is 0 Å². The molecule has 56 valence electrons. The number of hydrazine groups is 2. The van der Waals surface area contributed by atoms with Crippen molar-refractivity contribution in [3.8, 4) is 0 Å². The molecule has 0 aliphatic carbocycles. The van der Waals surface area contributed by atoms with Gasteiger partial charge in [-0.2, -0.15) is 0 Å². The smallest absolute Gasteiger partial charge is 0.359 e. The Labute approximate surface area is 56.8 Å². The van der Waals surface area contributed by atoms with E-state index >= 15 is 0 Å². The van der Waals surface area contributed by atoms with E-state index in [4.69, 9.17) is 5.11 Å². The molecule has 0 unspecified atom stereocenters. The van der Waals surface area contributed by atoms with Crippen LogP contribution in [0.15, 0.2) is 11.6 Å². The summed E-state index contributed by atoms with van der Waals surface area (Å²) >= 11 is 0. The van der Waals surface area contributed by atoms with E-state index in [2.05, 4.69) is 21.1 Å². The van der Waals surface area contributed by atoms with Crippen molar-refractivity contribution in [3.05, 3.63) is 11.6 Å². The summed E-state index contributed by atoms with van der Waals surface area (Å²) < 4.78 is 4.65. The van der Waals surface area contributed by atoms with Crippen LogP contribution >= 0.6 is 0 Å². The number of ether oxygens (including phenoxy) is 1. The molecule has 0 atom stereocenters. The number of hydrogen-bond donors (Lipinski definition) is 4. The highest BCUT2D eigenvalue weighted by molar-refractivity contribution is 5.86. The van der Waals surface area contributed by atoms with Gasteiger partial charge in [-0.3, -0.25) is 10.9 Å². The number of nitrogens with one attached hydrogen (secondary N) is 3.